The molecule has 9 heteroatoms. The predicted octanol–water partition coefficient (Wildman–Crippen LogP) is 3.57. The van der Waals surface area contributed by atoms with Crippen LogP contribution in [-0.4, -0.2) is 69.4 Å². The normalized spacial score (nSPS) is 17.1. The Kier molecular flexibility index (Phi) is 8.24. The first kappa shape index (κ1) is 25.9. The SMILES string of the molecule is COc1ccc(/C(O)=C2\C(=O)C(=O)N(CCOC(C)C)C2c2cc(OC)c(OC)c(OC)c2)cc1. The topological polar surface area (TPSA) is 104 Å². The number of nitrogens with zero attached hydrogens (tertiary/aromatic N) is 1. The number of ketones is 1. The smallest absolute Gasteiger partial charge is 0.295 e. The van der Waals surface area contributed by atoms with E-state index in [9.17, 15) is 14.7 Å². The highest BCUT2D eigenvalue weighted by molar-refractivity contribution is 6.46. The van der Waals surface area contributed by atoms with E-state index in [4.69, 9.17) is 23.7 Å². The zero-order valence-electron chi connectivity index (χ0n) is 20.8. The molecule has 1 aliphatic rings. The van der Waals surface area contributed by atoms with Crippen molar-refractivity contribution in [2.45, 2.75) is 26.0 Å². The summed E-state index contributed by atoms with van der Waals surface area (Å²) in [6.07, 6.45) is -0.0502. The van der Waals surface area contributed by atoms with E-state index in [0.29, 0.717) is 34.1 Å². The van der Waals surface area contributed by atoms with Crippen LogP contribution in [0.25, 0.3) is 5.76 Å². The Morgan fingerprint density at radius 2 is 1.54 bits per heavy atom. The van der Waals surface area contributed by atoms with E-state index in [2.05, 4.69) is 0 Å². The second-order valence-electron chi connectivity index (χ2n) is 8.10. The minimum absolute atomic E-state index is 0.0426. The summed E-state index contributed by atoms with van der Waals surface area (Å²) in [5, 5.41) is 11.2. The van der Waals surface area contributed by atoms with Crippen LogP contribution in [0.3, 0.4) is 0 Å². The Morgan fingerprint density at radius 1 is 0.943 bits per heavy atom. The highest BCUT2D eigenvalue weighted by atomic mass is 16.5. The van der Waals surface area contributed by atoms with Gasteiger partial charge in [0.25, 0.3) is 11.7 Å². The lowest BCUT2D eigenvalue weighted by Gasteiger charge is -2.26. The van der Waals surface area contributed by atoms with Crippen molar-refractivity contribution in [2.75, 3.05) is 41.6 Å². The molecule has 0 saturated carbocycles. The average molecular weight is 486 g/mol. The molecular weight excluding hydrogens is 454 g/mol. The zero-order chi connectivity index (χ0) is 25.7. The van der Waals surface area contributed by atoms with Crippen molar-refractivity contribution in [3.63, 3.8) is 0 Å². The lowest BCUT2D eigenvalue weighted by molar-refractivity contribution is -0.140. The number of ether oxygens (including phenoxy) is 5. The van der Waals surface area contributed by atoms with Gasteiger partial charge in [-0.3, -0.25) is 9.59 Å². The van der Waals surface area contributed by atoms with Gasteiger partial charge in [0, 0.05) is 12.1 Å². The lowest BCUT2D eigenvalue weighted by atomic mass is 9.94. The summed E-state index contributed by atoms with van der Waals surface area (Å²) in [5.41, 5.74) is 0.844. The van der Waals surface area contributed by atoms with Crippen molar-refractivity contribution in [1.29, 1.82) is 0 Å². The molecule has 0 bridgehead atoms. The second kappa shape index (κ2) is 11.1. The van der Waals surface area contributed by atoms with Gasteiger partial charge in [0.2, 0.25) is 5.75 Å². The van der Waals surface area contributed by atoms with Crippen molar-refractivity contribution < 1.29 is 38.4 Å². The fourth-order valence-corrected chi connectivity index (χ4v) is 4.01. The molecule has 35 heavy (non-hydrogen) atoms. The summed E-state index contributed by atoms with van der Waals surface area (Å²) in [6.45, 7) is 4.13. The quantitative estimate of drug-likeness (QED) is 0.310. The number of carbonyl (C=O) groups is 2. The van der Waals surface area contributed by atoms with Gasteiger partial charge in [0.1, 0.15) is 11.5 Å². The number of aliphatic hydroxyl groups excluding tert-OH is 1. The van der Waals surface area contributed by atoms with E-state index in [0.717, 1.165) is 0 Å². The van der Waals surface area contributed by atoms with Crippen LogP contribution < -0.4 is 18.9 Å². The van der Waals surface area contributed by atoms with E-state index in [1.807, 2.05) is 13.8 Å². The first-order valence-corrected chi connectivity index (χ1v) is 11.1. The third kappa shape index (κ3) is 5.19. The van der Waals surface area contributed by atoms with Crippen LogP contribution in [0.4, 0.5) is 0 Å². The number of rotatable bonds is 10. The third-order valence-corrected chi connectivity index (χ3v) is 5.69. The Balaban J connectivity index is 2.20. The highest BCUT2D eigenvalue weighted by Crippen LogP contribution is 2.45. The molecule has 1 unspecified atom stereocenters. The molecule has 1 N–H and O–H groups in total. The second-order valence-corrected chi connectivity index (χ2v) is 8.10. The molecule has 0 spiro atoms. The molecule has 188 valence electrons. The molecule has 1 fully saturated rings. The minimum atomic E-state index is -0.901. The summed E-state index contributed by atoms with van der Waals surface area (Å²) in [5.74, 6) is -0.140. The average Bonchev–Trinajstić information content (AvgIpc) is 3.12. The molecule has 0 aliphatic carbocycles. The number of aliphatic hydroxyl groups is 1. The van der Waals surface area contributed by atoms with Crippen LogP contribution in [0.15, 0.2) is 42.0 Å². The number of methoxy groups -OCH3 is 4. The van der Waals surface area contributed by atoms with Crippen LogP contribution in [0.1, 0.15) is 31.0 Å². The van der Waals surface area contributed by atoms with Gasteiger partial charge in [-0.05, 0) is 55.8 Å². The first-order chi connectivity index (χ1) is 16.8. The van der Waals surface area contributed by atoms with E-state index in [1.165, 1.54) is 33.3 Å². The van der Waals surface area contributed by atoms with Gasteiger partial charge in [-0.2, -0.15) is 0 Å². The van der Waals surface area contributed by atoms with Gasteiger partial charge in [-0.15, -0.1) is 0 Å². The fraction of sp³-hybridized carbons (Fsp3) is 0.385. The molecule has 0 radical (unpaired) electrons. The van der Waals surface area contributed by atoms with Crippen LogP contribution in [0.2, 0.25) is 0 Å². The molecule has 0 aromatic heterocycles. The third-order valence-electron chi connectivity index (χ3n) is 5.69. The van der Waals surface area contributed by atoms with Crippen molar-refractivity contribution in [3.8, 4) is 23.0 Å². The van der Waals surface area contributed by atoms with Crippen molar-refractivity contribution in [1.82, 2.24) is 4.90 Å². The summed E-state index contributed by atoms with van der Waals surface area (Å²) < 4.78 is 27.2. The Bertz CT molecular complexity index is 1080. The van der Waals surface area contributed by atoms with Crippen LogP contribution in [0, 0.1) is 0 Å². The number of likely N-dealkylation sites (tertiary alicyclic amines) is 1. The molecule has 2 aromatic rings. The maximum Gasteiger partial charge on any atom is 0.295 e. The first-order valence-electron chi connectivity index (χ1n) is 11.1. The maximum atomic E-state index is 13.2. The minimum Gasteiger partial charge on any atom is -0.507 e. The van der Waals surface area contributed by atoms with E-state index < -0.39 is 17.7 Å². The van der Waals surface area contributed by atoms with Crippen LogP contribution in [-0.2, 0) is 14.3 Å². The van der Waals surface area contributed by atoms with Gasteiger partial charge < -0.3 is 33.7 Å². The predicted molar refractivity (Wildman–Crippen MR) is 129 cm³/mol. The summed E-state index contributed by atoms with van der Waals surface area (Å²) in [7, 11) is 5.97. The van der Waals surface area contributed by atoms with Gasteiger partial charge in [-0.1, -0.05) is 0 Å². The number of hydrogen-bond acceptors (Lipinski definition) is 8. The van der Waals surface area contributed by atoms with Crippen LogP contribution in [0.5, 0.6) is 23.0 Å². The molecular formula is C26H31NO8. The molecule has 1 saturated heterocycles. The lowest BCUT2D eigenvalue weighted by Crippen LogP contribution is -2.33. The molecule has 1 atom stereocenters. The van der Waals surface area contributed by atoms with E-state index >= 15 is 0 Å². The molecule has 3 rings (SSSR count). The molecule has 1 aliphatic heterocycles. The van der Waals surface area contributed by atoms with Gasteiger partial charge in [0.15, 0.2) is 11.5 Å². The van der Waals surface area contributed by atoms with Crippen LogP contribution >= 0.6 is 0 Å². The fourth-order valence-electron chi connectivity index (χ4n) is 4.01. The van der Waals surface area contributed by atoms with Gasteiger partial charge in [-0.25, -0.2) is 0 Å². The summed E-state index contributed by atoms with van der Waals surface area (Å²) in [4.78, 5) is 27.7. The largest absolute Gasteiger partial charge is 0.507 e. The number of Topliss-reactive ketones (excluding diaryl/α,β-unsaturated/α-hetero) is 1. The van der Waals surface area contributed by atoms with Crippen molar-refractivity contribution in [2.24, 2.45) is 0 Å². The number of carbonyl (C=O) groups excluding carboxylic acids is 2. The number of hydrogen-bond donors (Lipinski definition) is 1. The Hall–Kier alpha value is -3.72. The van der Waals surface area contributed by atoms with Crippen molar-refractivity contribution in [3.05, 3.63) is 53.1 Å². The number of amides is 1. The monoisotopic (exact) mass is 485 g/mol. The highest BCUT2D eigenvalue weighted by Gasteiger charge is 2.46. The maximum absolute atomic E-state index is 13.2. The van der Waals surface area contributed by atoms with Gasteiger partial charge >= 0.3 is 0 Å². The standard InChI is InChI=1S/C26H31NO8/c1-15(2)35-12-11-27-22(17-13-19(32-4)25(34-6)20(14-17)33-5)21(24(29)26(27)30)23(28)16-7-9-18(31-3)10-8-16/h7-10,13-15,22,28H,11-12H2,1-6H3/b23-21+. The zero-order valence-corrected chi connectivity index (χ0v) is 20.8. The van der Waals surface area contributed by atoms with Gasteiger partial charge in [0.05, 0.1) is 52.8 Å². The number of benzene rings is 2. The summed E-state index contributed by atoms with van der Waals surface area (Å²) in [6, 6.07) is 8.99. The van der Waals surface area contributed by atoms with E-state index in [-0.39, 0.29) is 30.6 Å². The Labute approximate surface area is 204 Å². The molecule has 1 amide bonds. The summed E-state index contributed by atoms with van der Waals surface area (Å²) >= 11 is 0. The van der Waals surface area contributed by atoms with Crippen molar-refractivity contribution >= 4 is 17.4 Å². The van der Waals surface area contributed by atoms with E-state index in [1.54, 1.807) is 36.4 Å². The molecule has 1 heterocycles. The molecule has 9 nitrogen and oxygen atoms in total. The molecule has 2 aromatic carbocycles. The Morgan fingerprint density at radius 3 is 2.03 bits per heavy atom.